The van der Waals surface area contributed by atoms with E-state index in [1.807, 2.05) is 11.3 Å². The third-order valence-corrected chi connectivity index (χ3v) is 5.20. The van der Waals surface area contributed by atoms with Crippen LogP contribution in [-0.2, 0) is 6.54 Å². The molecule has 2 rings (SSSR count). The van der Waals surface area contributed by atoms with Crippen LogP contribution in [0.4, 0.5) is 5.13 Å². The molecule has 2 heterocycles. The lowest BCUT2D eigenvalue weighted by Gasteiger charge is -2.35. The van der Waals surface area contributed by atoms with Gasteiger partial charge in [0.2, 0.25) is 0 Å². The van der Waals surface area contributed by atoms with Gasteiger partial charge in [-0.15, -0.1) is 11.3 Å². The molecule has 1 aliphatic rings. The van der Waals surface area contributed by atoms with Gasteiger partial charge in [-0.2, -0.15) is 0 Å². The summed E-state index contributed by atoms with van der Waals surface area (Å²) in [7, 11) is 0. The summed E-state index contributed by atoms with van der Waals surface area (Å²) in [6.45, 7) is 13.2. The first kappa shape index (κ1) is 15.8. The molecule has 1 unspecified atom stereocenters. The summed E-state index contributed by atoms with van der Waals surface area (Å²) < 4.78 is 0. The fourth-order valence-electron chi connectivity index (χ4n) is 2.72. The first-order valence-corrected chi connectivity index (χ1v) is 8.70. The Balaban J connectivity index is 2.09. The summed E-state index contributed by atoms with van der Waals surface area (Å²) in [6.07, 6.45) is 5.24. The highest BCUT2D eigenvalue weighted by atomic mass is 32.1. The minimum atomic E-state index is 0.160. The first-order valence-electron chi connectivity index (χ1n) is 7.88. The number of hydrogen-bond acceptors (Lipinski definition) is 4. The van der Waals surface area contributed by atoms with E-state index in [-0.39, 0.29) is 5.54 Å². The Morgan fingerprint density at radius 1 is 1.35 bits per heavy atom. The minimum absolute atomic E-state index is 0.160. The van der Waals surface area contributed by atoms with Crippen molar-refractivity contribution in [2.75, 3.05) is 11.4 Å². The molecule has 0 aliphatic carbocycles. The summed E-state index contributed by atoms with van der Waals surface area (Å²) >= 11 is 1.88. The van der Waals surface area contributed by atoms with Gasteiger partial charge in [0.15, 0.2) is 5.13 Å². The van der Waals surface area contributed by atoms with Crippen molar-refractivity contribution in [3.63, 3.8) is 0 Å². The number of nitrogens with one attached hydrogen (secondary N) is 1. The second kappa shape index (κ2) is 6.44. The van der Waals surface area contributed by atoms with Crippen molar-refractivity contribution in [1.29, 1.82) is 0 Å². The smallest absolute Gasteiger partial charge is 0.186 e. The minimum Gasteiger partial charge on any atom is -0.345 e. The molecule has 20 heavy (non-hydrogen) atoms. The van der Waals surface area contributed by atoms with Gasteiger partial charge in [0.05, 0.1) is 5.69 Å². The summed E-state index contributed by atoms with van der Waals surface area (Å²) in [5.41, 5.74) is 1.36. The molecule has 0 saturated carbocycles. The molecule has 1 N–H and O–H groups in total. The molecule has 0 aromatic carbocycles. The predicted molar refractivity (Wildman–Crippen MR) is 88.7 cm³/mol. The third kappa shape index (κ3) is 3.95. The SMILES string of the molecule is CCC1CCCCN1c1nc(C)c(CNC(C)(C)C)s1. The van der Waals surface area contributed by atoms with E-state index < -0.39 is 0 Å². The lowest BCUT2D eigenvalue weighted by molar-refractivity contribution is 0.425. The van der Waals surface area contributed by atoms with Crippen LogP contribution < -0.4 is 10.2 Å². The molecular formula is C16H29N3S. The number of anilines is 1. The van der Waals surface area contributed by atoms with Crippen LogP contribution in [0.3, 0.4) is 0 Å². The number of aromatic nitrogens is 1. The highest BCUT2D eigenvalue weighted by molar-refractivity contribution is 7.15. The zero-order valence-electron chi connectivity index (χ0n) is 13.6. The van der Waals surface area contributed by atoms with Gasteiger partial charge >= 0.3 is 0 Å². The Kier molecular flexibility index (Phi) is 5.08. The quantitative estimate of drug-likeness (QED) is 0.906. The number of aryl methyl sites for hydroxylation is 1. The summed E-state index contributed by atoms with van der Waals surface area (Å²) in [6, 6.07) is 0.692. The zero-order valence-corrected chi connectivity index (χ0v) is 14.4. The number of hydrogen-bond donors (Lipinski definition) is 1. The number of thiazole rings is 1. The van der Waals surface area contributed by atoms with Crippen molar-refractivity contribution in [3.8, 4) is 0 Å². The number of nitrogens with zero attached hydrogens (tertiary/aromatic N) is 2. The normalized spacial score (nSPS) is 20.4. The van der Waals surface area contributed by atoms with Crippen molar-refractivity contribution in [3.05, 3.63) is 10.6 Å². The molecule has 3 nitrogen and oxygen atoms in total. The van der Waals surface area contributed by atoms with E-state index in [0.717, 1.165) is 6.54 Å². The van der Waals surface area contributed by atoms with Crippen LogP contribution in [0.25, 0.3) is 0 Å². The number of rotatable bonds is 4. The Morgan fingerprint density at radius 3 is 2.75 bits per heavy atom. The van der Waals surface area contributed by atoms with Gasteiger partial charge in [-0.1, -0.05) is 6.92 Å². The van der Waals surface area contributed by atoms with E-state index in [0.29, 0.717) is 6.04 Å². The average molecular weight is 295 g/mol. The second-order valence-electron chi connectivity index (χ2n) is 6.86. The fourth-order valence-corrected chi connectivity index (χ4v) is 3.82. The molecule has 0 radical (unpaired) electrons. The van der Waals surface area contributed by atoms with Crippen molar-refractivity contribution >= 4 is 16.5 Å². The maximum Gasteiger partial charge on any atom is 0.186 e. The van der Waals surface area contributed by atoms with Gasteiger partial charge in [-0.25, -0.2) is 4.98 Å². The maximum atomic E-state index is 4.84. The monoisotopic (exact) mass is 295 g/mol. The summed E-state index contributed by atoms with van der Waals surface area (Å²) in [5, 5.41) is 4.81. The van der Waals surface area contributed by atoms with Crippen molar-refractivity contribution in [1.82, 2.24) is 10.3 Å². The Hall–Kier alpha value is -0.610. The molecule has 1 saturated heterocycles. The van der Waals surface area contributed by atoms with Gasteiger partial charge in [0.25, 0.3) is 0 Å². The van der Waals surface area contributed by atoms with Crippen LogP contribution >= 0.6 is 11.3 Å². The van der Waals surface area contributed by atoms with E-state index in [1.165, 1.54) is 47.9 Å². The van der Waals surface area contributed by atoms with Gasteiger partial charge in [-0.05, 0) is 53.4 Å². The van der Waals surface area contributed by atoms with Crippen LogP contribution in [0.5, 0.6) is 0 Å². The van der Waals surface area contributed by atoms with E-state index in [1.54, 1.807) is 0 Å². The molecule has 1 aromatic heterocycles. The van der Waals surface area contributed by atoms with Crippen LogP contribution in [0.1, 0.15) is 63.9 Å². The van der Waals surface area contributed by atoms with E-state index >= 15 is 0 Å². The molecule has 0 spiro atoms. The highest BCUT2D eigenvalue weighted by Gasteiger charge is 2.24. The van der Waals surface area contributed by atoms with Gasteiger partial charge in [0.1, 0.15) is 0 Å². The molecule has 1 aliphatic heterocycles. The van der Waals surface area contributed by atoms with Crippen molar-refractivity contribution in [2.45, 2.75) is 78.4 Å². The van der Waals surface area contributed by atoms with Crippen LogP contribution in [0.15, 0.2) is 0 Å². The van der Waals surface area contributed by atoms with Crippen molar-refractivity contribution < 1.29 is 0 Å². The molecule has 4 heteroatoms. The lowest BCUT2D eigenvalue weighted by Crippen LogP contribution is -2.39. The van der Waals surface area contributed by atoms with Crippen LogP contribution in [0, 0.1) is 6.92 Å². The molecule has 1 fully saturated rings. The molecule has 114 valence electrons. The Bertz CT molecular complexity index is 433. The van der Waals surface area contributed by atoms with Crippen molar-refractivity contribution in [2.24, 2.45) is 0 Å². The molecule has 0 amide bonds. The van der Waals surface area contributed by atoms with Gasteiger partial charge < -0.3 is 10.2 Å². The van der Waals surface area contributed by atoms with Crippen LogP contribution in [-0.4, -0.2) is 23.1 Å². The molecule has 1 aromatic rings. The maximum absolute atomic E-state index is 4.84. The first-order chi connectivity index (χ1) is 9.40. The standard InChI is InChI=1S/C16H29N3S/c1-6-13-9-7-8-10-19(13)15-18-12(2)14(20-15)11-17-16(3,4)5/h13,17H,6-11H2,1-5H3. The third-order valence-electron chi connectivity index (χ3n) is 4.00. The van der Waals surface area contributed by atoms with Gasteiger partial charge in [-0.3, -0.25) is 0 Å². The van der Waals surface area contributed by atoms with E-state index in [9.17, 15) is 0 Å². The molecule has 0 bridgehead atoms. The Morgan fingerprint density at radius 2 is 2.10 bits per heavy atom. The highest BCUT2D eigenvalue weighted by Crippen LogP contribution is 2.32. The summed E-state index contributed by atoms with van der Waals surface area (Å²) in [4.78, 5) is 8.77. The predicted octanol–water partition coefficient (Wildman–Crippen LogP) is 4.11. The van der Waals surface area contributed by atoms with Gasteiger partial charge in [0, 0.05) is 29.5 Å². The Labute approximate surface area is 127 Å². The average Bonchev–Trinajstić information content (AvgIpc) is 2.77. The topological polar surface area (TPSA) is 28.2 Å². The van der Waals surface area contributed by atoms with E-state index in [2.05, 4.69) is 44.8 Å². The van der Waals surface area contributed by atoms with E-state index in [4.69, 9.17) is 4.98 Å². The largest absolute Gasteiger partial charge is 0.345 e. The summed E-state index contributed by atoms with van der Waals surface area (Å²) in [5.74, 6) is 0. The molecule has 1 atom stereocenters. The van der Waals surface area contributed by atoms with Crippen LogP contribution in [0.2, 0.25) is 0 Å². The fraction of sp³-hybridized carbons (Fsp3) is 0.812. The molecular weight excluding hydrogens is 266 g/mol. The zero-order chi connectivity index (χ0) is 14.8. The second-order valence-corrected chi connectivity index (χ2v) is 7.92. The lowest BCUT2D eigenvalue weighted by atomic mass is 10.0. The number of piperidine rings is 1.